The van der Waals surface area contributed by atoms with Crippen LogP contribution in [0.15, 0.2) is 42.7 Å². The molecule has 9 nitrogen and oxygen atoms in total. The first kappa shape index (κ1) is 25.0. The van der Waals surface area contributed by atoms with E-state index in [1.165, 1.54) is 32.1 Å². The Morgan fingerprint density at radius 3 is 2.29 bits per heavy atom. The van der Waals surface area contributed by atoms with Gasteiger partial charge in [-0.3, -0.25) is 19.4 Å². The summed E-state index contributed by atoms with van der Waals surface area (Å²) in [5.74, 6) is -0.283. The van der Waals surface area contributed by atoms with E-state index in [0.29, 0.717) is 43.3 Å². The lowest BCUT2D eigenvalue weighted by molar-refractivity contribution is -0.123. The Labute approximate surface area is 199 Å². The molecule has 4 N–H and O–H groups in total. The summed E-state index contributed by atoms with van der Waals surface area (Å²) in [5, 5.41) is 12.8. The van der Waals surface area contributed by atoms with Crippen molar-refractivity contribution < 1.29 is 24.2 Å². The molecule has 2 aromatic rings. The number of rotatable bonds is 5. The molecular formula is C25H32N4O5. The number of methoxy groups -OCH3 is 1. The maximum Gasteiger partial charge on any atom is 0.257 e. The van der Waals surface area contributed by atoms with Crippen LogP contribution in [0.5, 0.6) is 11.5 Å². The highest BCUT2D eigenvalue weighted by Crippen LogP contribution is 2.26. The fourth-order valence-electron chi connectivity index (χ4n) is 4.19. The van der Waals surface area contributed by atoms with Crippen molar-refractivity contribution in [2.24, 2.45) is 11.7 Å². The number of hydrogen-bond donors (Lipinski definition) is 3. The molecule has 1 saturated carbocycles. The quantitative estimate of drug-likeness (QED) is 0.617. The molecule has 2 aliphatic rings. The summed E-state index contributed by atoms with van der Waals surface area (Å²) in [6, 6.07) is 8.40. The van der Waals surface area contributed by atoms with Crippen molar-refractivity contribution >= 4 is 17.7 Å². The Morgan fingerprint density at radius 1 is 1.06 bits per heavy atom. The van der Waals surface area contributed by atoms with E-state index in [2.05, 4.69) is 10.3 Å². The van der Waals surface area contributed by atoms with Gasteiger partial charge < -0.3 is 25.8 Å². The molecule has 3 amide bonds. The highest BCUT2D eigenvalue weighted by atomic mass is 16.5. The number of likely N-dealkylation sites (tertiary alicyclic amines) is 1. The van der Waals surface area contributed by atoms with Crippen molar-refractivity contribution in [1.82, 2.24) is 15.2 Å². The molecule has 0 unspecified atom stereocenters. The largest absolute Gasteiger partial charge is 0.507 e. The van der Waals surface area contributed by atoms with Crippen LogP contribution in [0.3, 0.4) is 0 Å². The summed E-state index contributed by atoms with van der Waals surface area (Å²) in [7, 11) is 1.50. The van der Waals surface area contributed by atoms with Crippen LogP contribution in [0.2, 0.25) is 0 Å². The van der Waals surface area contributed by atoms with Crippen molar-refractivity contribution in [3.05, 3.63) is 53.9 Å². The van der Waals surface area contributed by atoms with E-state index in [4.69, 9.17) is 10.5 Å². The van der Waals surface area contributed by atoms with Crippen molar-refractivity contribution in [3.8, 4) is 11.5 Å². The van der Waals surface area contributed by atoms with Gasteiger partial charge in [0.25, 0.3) is 11.8 Å². The third kappa shape index (κ3) is 6.69. The number of primary amides is 1. The van der Waals surface area contributed by atoms with Gasteiger partial charge in [-0.1, -0.05) is 12.8 Å². The zero-order valence-electron chi connectivity index (χ0n) is 19.4. The normalized spacial score (nSPS) is 16.3. The second-order valence-electron chi connectivity index (χ2n) is 8.54. The second kappa shape index (κ2) is 12.0. The molecule has 1 aromatic heterocycles. The van der Waals surface area contributed by atoms with Gasteiger partial charge in [0.15, 0.2) is 0 Å². The molecule has 34 heavy (non-hydrogen) atoms. The average Bonchev–Trinajstić information content (AvgIpc) is 3.38. The first-order valence-electron chi connectivity index (χ1n) is 11.6. The van der Waals surface area contributed by atoms with Gasteiger partial charge in [0.05, 0.1) is 12.7 Å². The average molecular weight is 469 g/mol. The number of amides is 3. The molecule has 1 aliphatic heterocycles. The molecule has 4 rings (SSSR count). The zero-order valence-corrected chi connectivity index (χ0v) is 19.4. The SMILES string of the molecule is COc1ccc(O)c(C(=O)N2CCC(C(N)=O)CC2)c1.O=C(NC1CCCC1)c1ccncc1. The number of benzene rings is 1. The molecule has 0 bridgehead atoms. The number of phenols is 1. The van der Waals surface area contributed by atoms with E-state index < -0.39 is 0 Å². The number of nitrogens with zero attached hydrogens (tertiary/aromatic N) is 2. The maximum atomic E-state index is 12.4. The predicted octanol–water partition coefficient (Wildman–Crippen LogP) is 2.49. The van der Waals surface area contributed by atoms with Crippen LogP contribution in [0.1, 0.15) is 59.2 Å². The third-order valence-corrected chi connectivity index (χ3v) is 6.25. The Balaban J connectivity index is 0.000000202. The number of aromatic nitrogens is 1. The molecule has 1 aromatic carbocycles. The van der Waals surface area contributed by atoms with Gasteiger partial charge in [-0.25, -0.2) is 0 Å². The molecule has 1 aliphatic carbocycles. The van der Waals surface area contributed by atoms with Crippen LogP contribution in [0, 0.1) is 5.92 Å². The fraction of sp³-hybridized carbons (Fsp3) is 0.440. The van der Waals surface area contributed by atoms with Crippen LogP contribution in [-0.2, 0) is 4.79 Å². The monoisotopic (exact) mass is 468 g/mol. The van der Waals surface area contributed by atoms with E-state index >= 15 is 0 Å². The molecule has 2 fully saturated rings. The summed E-state index contributed by atoms with van der Waals surface area (Å²) in [4.78, 5) is 40.6. The first-order chi connectivity index (χ1) is 16.4. The molecule has 0 atom stereocenters. The number of pyridine rings is 1. The number of carbonyl (C=O) groups is 3. The van der Waals surface area contributed by atoms with E-state index in [-0.39, 0.29) is 35.0 Å². The summed E-state index contributed by atoms with van der Waals surface area (Å²) >= 11 is 0. The van der Waals surface area contributed by atoms with Gasteiger partial charge in [0.1, 0.15) is 11.5 Å². The molecule has 0 spiro atoms. The highest BCUT2D eigenvalue weighted by molar-refractivity contribution is 5.97. The number of piperidine rings is 1. The second-order valence-corrected chi connectivity index (χ2v) is 8.54. The number of phenolic OH excluding ortho intramolecular Hbond substituents is 1. The predicted molar refractivity (Wildman–Crippen MR) is 126 cm³/mol. The number of aromatic hydroxyl groups is 1. The minimum atomic E-state index is -0.318. The minimum absolute atomic E-state index is 0.0271. The van der Waals surface area contributed by atoms with Crippen molar-refractivity contribution in [2.75, 3.05) is 20.2 Å². The van der Waals surface area contributed by atoms with Gasteiger partial charge in [-0.15, -0.1) is 0 Å². The lowest BCUT2D eigenvalue weighted by atomic mass is 9.96. The summed E-state index contributed by atoms with van der Waals surface area (Å²) in [6.45, 7) is 0.923. The Morgan fingerprint density at radius 2 is 1.71 bits per heavy atom. The number of nitrogens with two attached hydrogens (primary N) is 1. The van der Waals surface area contributed by atoms with Crippen LogP contribution in [0.4, 0.5) is 0 Å². The number of carbonyl (C=O) groups excluding carboxylic acids is 3. The molecule has 182 valence electrons. The maximum absolute atomic E-state index is 12.4. The van der Waals surface area contributed by atoms with Crippen LogP contribution < -0.4 is 15.8 Å². The number of nitrogens with one attached hydrogen (secondary N) is 1. The van der Waals surface area contributed by atoms with E-state index in [1.54, 1.807) is 35.5 Å². The summed E-state index contributed by atoms with van der Waals surface area (Å²) in [5.41, 5.74) is 6.17. The highest BCUT2D eigenvalue weighted by Gasteiger charge is 2.27. The zero-order chi connectivity index (χ0) is 24.5. The Kier molecular flexibility index (Phi) is 8.84. The Hall–Kier alpha value is -3.62. The third-order valence-electron chi connectivity index (χ3n) is 6.25. The van der Waals surface area contributed by atoms with Gasteiger partial charge >= 0.3 is 0 Å². The van der Waals surface area contributed by atoms with Gasteiger partial charge in [0.2, 0.25) is 5.91 Å². The minimum Gasteiger partial charge on any atom is -0.507 e. The van der Waals surface area contributed by atoms with E-state index in [9.17, 15) is 19.5 Å². The van der Waals surface area contributed by atoms with Gasteiger partial charge in [-0.05, 0) is 56.0 Å². The molecular weight excluding hydrogens is 436 g/mol. The van der Waals surface area contributed by atoms with E-state index in [0.717, 1.165) is 12.8 Å². The van der Waals surface area contributed by atoms with Crippen molar-refractivity contribution in [2.45, 2.75) is 44.6 Å². The molecule has 9 heteroatoms. The standard InChI is InChI=1S/C14H18N2O4.C11H14N2O/c1-20-10-2-3-12(17)11(8-10)14(19)16-6-4-9(5-7-16)13(15)18;14-11(9-5-7-12-8-6-9)13-10-3-1-2-4-10/h2-3,8-9,17H,4-7H2,1H3,(H2,15,18);5-8,10H,1-4H2,(H,13,14). The Bertz CT molecular complexity index is 984. The molecule has 1 saturated heterocycles. The lowest BCUT2D eigenvalue weighted by Gasteiger charge is -2.30. The van der Waals surface area contributed by atoms with Crippen LogP contribution in [-0.4, -0.2) is 59.0 Å². The summed E-state index contributed by atoms with van der Waals surface area (Å²) in [6.07, 6.45) is 9.13. The lowest BCUT2D eigenvalue weighted by Crippen LogP contribution is -2.41. The van der Waals surface area contributed by atoms with Crippen molar-refractivity contribution in [1.29, 1.82) is 0 Å². The van der Waals surface area contributed by atoms with E-state index in [1.807, 2.05) is 0 Å². The number of ether oxygens (including phenoxy) is 1. The van der Waals surface area contributed by atoms with Gasteiger partial charge in [-0.2, -0.15) is 0 Å². The topological polar surface area (TPSA) is 135 Å². The fourth-order valence-corrected chi connectivity index (χ4v) is 4.19. The first-order valence-corrected chi connectivity index (χ1v) is 11.6. The molecule has 0 radical (unpaired) electrons. The number of hydrogen-bond acceptors (Lipinski definition) is 6. The van der Waals surface area contributed by atoms with Crippen LogP contribution in [0.25, 0.3) is 0 Å². The van der Waals surface area contributed by atoms with Crippen molar-refractivity contribution in [3.63, 3.8) is 0 Å². The molecule has 2 heterocycles. The smallest absolute Gasteiger partial charge is 0.257 e. The van der Waals surface area contributed by atoms with Crippen LogP contribution >= 0.6 is 0 Å². The summed E-state index contributed by atoms with van der Waals surface area (Å²) < 4.78 is 5.05. The van der Waals surface area contributed by atoms with Gasteiger partial charge in [0, 0.05) is 43.0 Å².